The van der Waals surface area contributed by atoms with Gasteiger partial charge in [-0.2, -0.15) is 0 Å². The Balaban J connectivity index is 1.77. The summed E-state index contributed by atoms with van der Waals surface area (Å²) in [5, 5.41) is 0. The number of halogens is 2. The third-order valence-electron chi connectivity index (χ3n) is 6.92. The molecule has 3 aliphatic rings. The van der Waals surface area contributed by atoms with Gasteiger partial charge in [0.05, 0.1) is 0 Å². The summed E-state index contributed by atoms with van der Waals surface area (Å²) in [7, 11) is 0. The average Bonchev–Trinajstić information content (AvgIpc) is 2.78. The second kappa shape index (κ2) is 4.25. The van der Waals surface area contributed by atoms with Crippen LogP contribution >= 0.6 is 0 Å². The normalized spacial score (nSPS) is 29.4. The number of benzene rings is 3. The fourth-order valence-corrected chi connectivity index (χ4v) is 6.47. The molecule has 3 aromatic rings. The average molecular weight is 344 g/mol. The van der Waals surface area contributed by atoms with Crippen LogP contribution in [-0.4, -0.2) is 5.92 Å². The number of hydrogen-bond acceptors (Lipinski definition) is 0. The molecular weight excluding hydrogens is 326 g/mol. The molecule has 2 heteroatoms. The molecule has 0 heterocycles. The van der Waals surface area contributed by atoms with Crippen molar-refractivity contribution >= 4 is 0 Å². The zero-order valence-corrected chi connectivity index (χ0v) is 14.5. The minimum Gasteiger partial charge on any atom is -0.207 e. The van der Waals surface area contributed by atoms with E-state index in [2.05, 4.69) is 42.5 Å². The Morgan fingerprint density at radius 1 is 0.731 bits per heavy atom. The smallest absolute Gasteiger partial charge is 0.207 e. The molecule has 0 aromatic heterocycles. The van der Waals surface area contributed by atoms with Gasteiger partial charge in [-0.1, -0.05) is 72.8 Å². The van der Waals surface area contributed by atoms with Crippen molar-refractivity contribution in [2.24, 2.45) is 0 Å². The van der Waals surface area contributed by atoms with Gasteiger partial charge >= 0.3 is 0 Å². The first-order chi connectivity index (χ1) is 12.5. The molecular formula is C24H18F2. The largest absolute Gasteiger partial charge is 0.246 e. The quantitative estimate of drug-likeness (QED) is 0.553. The molecule has 0 radical (unpaired) electrons. The Kier molecular flexibility index (Phi) is 2.40. The lowest BCUT2D eigenvalue weighted by atomic mass is 9.35. The van der Waals surface area contributed by atoms with E-state index >= 15 is 0 Å². The molecule has 3 unspecified atom stereocenters. The van der Waals surface area contributed by atoms with Crippen LogP contribution in [0, 0.1) is 0 Å². The monoisotopic (exact) mass is 344 g/mol. The van der Waals surface area contributed by atoms with E-state index in [1.807, 2.05) is 30.3 Å². The van der Waals surface area contributed by atoms with Crippen molar-refractivity contribution in [3.63, 3.8) is 0 Å². The van der Waals surface area contributed by atoms with Crippen LogP contribution in [0.3, 0.4) is 0 Å². The van der Waals surface area contributed by atoms with Gasteiger partial charge in [0.2, 0.25) is 5.92 Å². The van der Waals surface area contributed by atoms with Gasteiger partial charge < -0.3 is 0 Å². The van der Waals surface area contributed by atoms with Crippen LogP contribution < -0.4 is 0 Å². The van der Waals surface area contributed by atoms with E-state index in [1.165, 1.54) is 22.3 Å². The molecule has 3 atom stereocenters. The zero-order valence-electron chi connectivity index (χ0n) is 14.5. The second-order valence-corrected chi connectivity index (χ2v) is 8.11. The van der Waals surface area contributed by atoms with Gasteiger partial charge in [0.1, 0.15) is 0 Å². The summed E-state index contributed by atoms with van der Waals surface area (Å²) in [5.41, 5.74) is 6.24. The van der Waals surface area contributed by atoms with E-state index in [9.17, 15) is 8.78 Å². The number of rotatable bonds is 2. The fraction of sp³-hybridized carbons (Fsp3) is 0.250. The van der Waals surface area contributed by atoms with Crippen LogP contribution in [0.2, 0.25) is 0 Å². The maximum absolute atomic E-state index is 14.5. The van der Waals surface area contributed by atoms with Crippen molar-refractivity contribution in [1.29, 1.82) is 0 Å². The van der Waals surface area contributed by atoms with Gasteiger partial charge in [-0.25, -0.2) is 8.78 Å². The molecule has 0 amide bonds. The first-order valence-electron chi connectivity index (χ1n) is 9.18. The predicted octanol–water partition coefficient (Wildman–Crippen LogP) is 5.78. The maximum Gasteiger partial charge on any atom is 0.246 e. The topological polar surface area (TPSA) is 0 Å². The SMILES string of the molecule is CC(F)(F)CC12c3ccccc3C3c4ccccc4C31c1ccccc12. The summed E-state index contributed by atoms with van der Waals surface area (Å²) >= 11 is 0. The van der Waals surface area contributed by atoms with Gasteiger partial charge in [0.25, 0.3) is 0 Å². The minimum atomic E-state index is -2.73. The number of hydrogen-bond donors (Lipinski definition) is 0. The highest BCUT2D eigenvalue weighted by Crippen LogP contribution is 2.81. The molecule has 3 aromatic carbocycles. The molecule has 0 N–H and O–H groups in total. The minimum absolute atomic E-state index is 0.140. The second-order valence-electron chi connectivity index (χ2n) is 8.11. The third-order valence-corrected chi connectivity index (χ3v) is 6.92. The molecule has 0 nitrogen and oxygen atoms in total. The van der Waals surface area contributed by atoms with Gasteiger partial charge in [-0.15, -0.1) is 0 Å². The van der Waals surface area contributed by atoms with E-state index < -0.39 is 11.3 Å². The molecule has 6 rings (SSSR count). The summed E-state index contributed by atoms with van der Waals surface area (Å²) in [5.74, 6) is -2.54. The Hall–Kier alpha value is -2.48. The highest BCUT2D eigenvalue weighted by Gasteiger charge is 2.77. The zero-order chi connectivity index (χ0) is 17.7. The molecule has 0 saturated carbocycles. The third kappa shape index (κ3) is 1.30. The van der Waals surface area contributed by atoms with E-state index in [4.69, 9.17) is 0 Å². The summed E-state index contributed by atoms with van der Waals surface area (Å²) in [4.78, 5) is 0. The van der Waals surface area contributed by atoms with Crippen molar-refractivity contribution in [2.45, 2.75) is 36.0 Å². The molecule has 128 valence electrons. The molecule has 1 spiro atoms. The predicted molar refractivity (Wildman–Crippen MR) is 98.0 cm³/mol. The molecule has 0 saturated heterocycles. The van der Waals surface area contributed by atoms with Gasteiger partial charge in [-0.05, 0) is 40.3 Å². The van der Waals surface area contributed by atoms with Gasteiger partial charge in [0.15, 0.2) is 0 Å². The Labute approximate surface area is 151 Å². The van der Waals surface area contributed by atoms with Crippen LogP contribution in [0.25, 0.3) is 0 Å². The summed E-state index contributed by atoms with van der Waals surface area (Å²) < 4.78 is 29.0. The first-order valence-corrected chi connectivity index (χ1v) is 9.18. The molecule has 0 bridgehead atoms. The maximum atomic E-state index is 14.5. The summed E-state index contributed by atoms with van der Waals surface area (Å²) in [6.45, 7) is 1.07. The molecule has 3 aliphatic carbocycles. The Morgan fingerprint density at radius 2 is 1.23 bits per heavy atom. The lowest BCUT2D eigenvalue weighted by Gasteiger charge is -2.65. The number of alkyl halides is 2. The van der Waals surface area contributed by atoms with Crippen molar-refractivity contribution in [1.82, 2.24) is 0 Å². The van der Waals surface area contributed by atoms with Crippen LogP contribution in [0.4, 0.5) is 8.78 Å². The van der Waals surface area contributed by atoms with E-state index in [0.29, 0.717) is 0 Å². The lowest BCUT2D eigenvalue weighted by molar-refractivity contribution is -0.0237. The van der Waals surface area contributed by atoms with Crippen molar-refractivity contribution in [2.75, 3.05) is 0 Å². The molecule has 26 heavy (non-hydrogen) atoms. The van der Waals surface area contributed by atoms with E-state index in [1.54, 1.807) is 0 Å². The molecule has 0 fully saturated rings. The van der Waals surface area contributed by atoms with Crippen molar-refractivity contribution in [3.05, 3.63) is 106 Å². The highest BCUT2D eigenvalue weighted by atomic mass is 19.3. The van der Waals surface area contributed by atoms with Crippen molar-refractivity contribution < 1.29 is 8.78 Å². The summed E-state index contributed by atoms with van der Waals surface area (Å²) in [6.07, 6.45) is -0.140. The lowest BCUT2D eigenvalue weighted by Crippen LogP contribution is -2.64. The van der Waals surface area contributed by atoms with Crippen molar-refractivity contribution in [3.8, 4) is 0 Å². The molecule has 0 aliphatic heterocycles. The first kappa shape index (κ1) is 14.7. The van der Waals surface area contributed by atoms with Gasteiger partial charge in [0, 0.05) is 23.2 Å². The van der Waals surface area contributed by atoms with E-state index in [0.717, 1.165) is 18.1 Å². The van der Waals surface area contributed by atoms with Crippen LogP contribution in [0.5, 0.6) is 0 Å². The van der Waals surface area contributed by atoms with Crippen LogP contribution in [0.15, 0.2) is 72.8 Å². The van der Waals surface area contributed by atoms with Crippen LogP contribution in [0.1, 0.15) is 52.6 Å². The Bertz CT molecular complexity index is 1070. The summed E-state index contributed by atoms with van der Waals surface area (Å²) in [6, 6.07) is 24.9. The van der Waals surface area contributed by atoms with Gasteiger partial charge in [-0.3, -0.25) is 0 Å². The van der Waals surface area contributed by atoms with E-state index in [-0.39, 0.29) is 17.8 Å². The Morgan fingerprint density at radius 3 is 1.88 bits per heavy atom. The fourth-order valence-electron chi connectivity index (χ4n) is 6.47. The highest BCUT2D eigenvalue weighted by molar-refractivity contribution is 5.82. The standard InChI is InChI=1S/C24H18F2/c1-22(25,26)14-23-17-10-4-2-8-15(17)21-16-9-3-5-11-18(16)24(21,23)20-13-7-6-12-19(20)23/h2-13,21H,14H2,1H3. The van der Waals surface area contributed by atoms with Crippen LogP contribution in [-0.2, 0) is 10.8 Å². The number of fused-ring (bicyclic) bond motifs is 7.